The highest BCUT2D eigenvalue weighted by Gasteiger charge is 2.20. The fourth-order valence-electron chi connectivity index (χ4n) is 3.67. The Morgan fingerprint density at radius 3 is 2.57 bits per heavy atom. The average molecular weight is 405 g/mol. The SMILES string of the molecule is C=CCn1c(C(=O)Nc2ccc(OCCCC)cc2)c(C)c2cc(C(C)C)ccc21. The topological polar surface area (TPSA) is 43.3 Å². The predicted molar refractivity (Wildman–Crippen MR) is 126 cm³/mol. The number of aryl methyl sites for hydroxylation is 1. The summed E-state index contributed by atoms with van der Waals surface area (Å²) in [7, 11) is 0. The molecule has 4 nitrogen and oxygen atoms in total. The zero-order valence-corrected chi connectivity index (χ0v) is 18.5. The fraction of sp³-hybridized carbons (Fsp3) is 0.346. The Hall–Kier alpha value is -3.01. The lowest BCUT2D eigenvalue weighted by Crippen LogP contribution is -2.18. The van der Waals surface area contributed by atoms with Crippen molar-refractivity contribution in [1.29, 1.82) is 0 Å². The minimum Gasteiger partial charge on any atom is -0.494 e. The highest BCUT2D eigenvalue weighted by Crippen LogP contribution is 2.30. The van der Waals surface area contributed by atoms with Crippen LogP contribution in [0.4, 0.5) is 5.69 Å². The van der Waals surface area contributed by atoms with Crippen LogP contribution in [0.3, 0.4) is 0 Å². The van der Waals surface area contributed by atoms with E-state index < -0.39 is 0 Å². The number of hydrogen-bond acceptors (Lipinski definition) is 2. The molecule has 0 spiro atoms. The van der Waals surface area contributed by atoms with Gasteiger partial charge in [0.25, 0.3) is 5.91 Å². The summed E-state index contributed by atoms with van der Waals surface area (Å²) in [5.41, 5.74) is 4.74. The van der Waals surface area contributed by atoms with Gasteiger partial charge in [-0.1, -0.05) is 39.3 Å². The van der Waals surface area contributed by atoms with Crippen molar-refractivity contribution in [3.8, 4) is 5.75 Å². The van der Waals surface area contributed by atoms with Gasteiger partial charge in [0, 0.05) is 23.1 Å². The van der Waals surface area contributed by atoms with Crippen molar-refractivity contribution >= 4 is 22.5 Å². The standard InChI is InChI=1S/C26H32N2O2/c1-6-8-16-30-22-12-10-21(11-13-22)27-26(29)25-19(5)23-17-20(18(3)4)9-14-24(23)28(25)15-7-2/h7,9-14,17-18H,2,6,8,15-16H2,1,3-5H3,(H,27,29). The van der Waals surface area contributed by atoms with E-state index >= 15 is 0 Å². The van der Waals surface area contributed by atoms with Crippen LogP contribution in [0.15, 0.2) is 55.1 Å². The van der Waals surface area contributed by atoms with Crippen LogP contribution >= 0.6 is 0 Å². The summed E-state index contributed by atoms with van der Waals surface area (Å²) in [6.45, 7) is 13.7. The van der Waals surface area contributed by atoms with Crippen LogP contribution in [0.25, 0.3) is 10.9 Å². The van der Waals surface area contributed by atoms with Gasteiger partial charge in [0.1, 0.15) is 11.4 Å². The first-order valence-electron chi connectivity index (χ1n) is 10.7. The zero-order valence-electron chi connectivity index (χ0n) is 18.5. The predicted octanol–water partition coefficient (Wildman–Crippen LogP) is 6.69. The number of allylic oxidation sites excluding steroid dienone is 1. The van der Waals surface area contributed by atoms with E-state index in [0.717, 1.165) is 40.7 Å². The number of nitrogens with zero attached hydrogens (tertiary/aromatic N) is 1. The molecular formula is C26H32N2O2. The number of fused-ring (bicyclic) bond motifs is 1. The molecule has 1 N–H and O–H groups in total. The van der Waals surface area contributed by atoms with E-state index in [1.807, 2.05) is 41.8 Å². The van der Waals surface area contributed by atoms with Gasteiger partial charge in [-0.15, -0.1) is 6.58 Å². The Balaban J connectivity index is 1.89. The minimum atomic E-state index is -0.115. The largest absolute Gasteiger partial charge is 0.494 e. The summed E-state index contributed by atoms with van der Waals surface area (Å²) in [6.07, 6.45) is 3.96. The summed E-state index contributed by atoms with van der Waals surface area (Å²) < 4.78 is 7.74. The lowest BCUT2D eigenvalue weighted by Gasteiger charge is -2.11. The second-order valence-electron chi connectivity index (χ2n) is 7.98. The van der Waals surface area contributed by atoms with Crippen LogP contribution in [0, 0.1) is 6.92 Å². The summed E-state index contributed by atoms with van der Waals surface area (Å²) in [4.78, 5) is 13.2. The van der Waals surface area contributed by atoms with Gasteiger partial charge in [-0.25, -0.2) is 0 Å². The molecule has 1 heterocycles. The lowest BCUT2D eigenvalue weighted by atomic mass is 10.0. The number of hydrogen-bond donors (Lipinski definition) is 1. The Morgan fingerprint density at radius 2 is 1.93 bits per heavy atom. The minimum absolute atomic E-state index is 0.115. The number of carbonyl (C=O) groups excluding carboxylic acids is 1. The van der Waals surface area contributed by atoms with E-state index in [1.54, 1.807) is 0 Å². The number of aromatic nitrogens is 1. The molecule has 30 heavy (non-hydrogen) atoms. The number of unbranched alkanes of at least 4 members (excludes halogenated alkanes) is 1. The lowest BCUT2D eigenvalue weighted by molar-refractivity contribution is 0.101. The molecule has 0 aliphatic heterocycles. The highest BCUT2D eigenvalue weighted by molar-refractivity contribution is 6.08. The number of ether oxygens (including phenoxy) is 1. The number of carbonyl (C=O) groups is 1. The van der Waals surface area contributed by atoms with E-state index in [2.05, 4.69) is 50.9 Å². The second-order valence-corrected chi connectivity index (χ2v) is 7.98. The maximum absolute atomic E-state index is 13.2. The molecule has 3 aromatic rings. The summed E-state index contributed by atoms with van der Waals surface area (Å²) in [6, 6.07) is 14.0. The molecule has 0 aliphatic carbocycles. The van der Waals surface area contributed by atoms with Gasteiger partial charge in [0.2, 0.25) is 0 Å². The van der Waals surface area contributed by atoms with Crippen molar-refractivity contribution in [3.05, 3.63) is 71.9 Å². The Morgan fingerprint density at radius 1 is 1.20 bits per heavy atom. The molecule has 1 aromatic heterocycles. The third-order valence-electron chi connectivity index (χ3n) is 5.41. The molecule has 4 heteroatoms. The Kier molecular flexibility index (Phi) is 6.99. The molecule has 0 radical (unpaired) electrons. The smallest absolute Gasteiger partial charge is 0.272 e. The third-order valence-corrected chi connectivity index (χ3v) is 5.41. The second kappa shape index (κ2) is 9.66. The molecule has 0 saturated carbocycles. The van der Waals surface area contributed by atoms with Gasteiger partial charge in [-0.3, -0.25) is 4.79 Å². The number of benzene rings is 2. The number of amides is 1. The number of rotatable bonds is 9. The highest BCUT2D eigenvalue weighted by atomic mass is 16.5. The number of anilines is 1. The maximum atomic E-state index is 13.2. The van der Waals surface area contributed by atoms with E-state index in [4.69, 9.17) is 4.74 Å². The Labute approximate surface area is 179 Å². The molecule has 2 aromatic carbocycles. The van der Waals surface area contributed by atoms with Crippen molar-refractivity contribution < 1.29 is 9.53 Å². The van der Waals surface area contributed by atoms with Crippen molar-refractivity contribution in [1.82, 2.24) is 4.57 Å². The van der Waals surface area contributed by atoms with Crippen LogP contribution in [0.2, 0.25) is 0 Å². The molecule has 0 saturated heterocycles. The van der Waals surface area contributed by atoms with E-state index in [1.165, 1.54) is 5.56 Å². The van der Waals surface area contributed by atoms with E-state index in [9.17, 15) is 4.79 Å². The third kappa shape index (κ3) is 4.59. The van der Waals surface area contributed by atoms with Crippen molar-refractivity contribution in [2.45, 2.75) is 53.0 Å². The van der Waals surface area contributed by atoms with Crippen LogP contribution in [-0.2, 0) is 6.54 Å². The summed E-state index contributed by atoms with van der Waals surface area (Å²) in [5, 5.41) is 4.16. The molecular weight excluding hydrogens is 372 g/mol. The molecule has 0 fully saturated rings. The first-order valence-corrected chi connectivity index (χ1v) is 10.7. The molecule has 158 valence electrons. The normalized spacial score (nSPS) is 11.1. The molecule has 0 aliphatic rings. The van der Waals surface area contributed by atoms with Gasteiger partial charge >= 0.3 is 0 Å². The maximum Gasteiger partial charge on any atom is 0.272 e. The zero-order chi connectivity index (χ0) is 21.7. The Bertz CT molecular complexity index is 1030. The molecule has 0 unspecified atom stereocenters. The van der Waals surface area contributed by atoms with Crippen LogP contribution in [-0.4, -0.2) is 17.1 Å². The summed E-state index contributed by atoms with van der Waals surface area (Å²) >= 11 is 0. The molecule has 3 rings (SSSR count). The first kappa shape index (κ1) is 21.7. The van der Waals surface area contributed by atoms with E-state index in [-0.39, 0.29) is 5.91 Å². The molecule has 0 atom stereocenters. The van der Waals surface area contributed by atoms with Crippen LogP contribution < -0.4 is 10.1 Å². The van der Waals surface area contributed by atoms with Crippen molar-refractivity contribution in [2.24, 2.45) is 0 Å². The van der Waals surface area contributed by atoms with Crippen LogP contribution in [0.1, 0.15) is 61.1 Å². The summed E-state index contributed by atoms with van der Waals surface area (Å²) in [5.74, 6) is 1.14. The van der Waals surface area contributed by atoms with Crippen molar-refractivity contribution in [2.75, 3.05) is 11.9 Å². The average Bonchev–Trinajstić information content (AvgIpc) is 3.01. The van der Waals surface area contributed by atoms with Crippen LogP contribution in [0.5, 0.6) is 5.75 Å². The quantitative estimate of drug-likeness (QED) is 0.319. The molecule has 0 bridgehead atoms. The van der Waals surface area contributed by atoms with E-state index in [0.29, 0.717) is 24.8 Å². The fourth-order valence-corrected chi connectivity index (χ4v) is 3.67. The van der Waals surface area contributed by atoms with Gasteiger partial charge < -0.3 is 14.6 Å². The van der Waals surface area contributed by atoms with Gasteiger partial charge in [0.15, 0.2) is 0 Å². The van der Waals surface area contributed by atoms with Crippen molar-refractivity contribution in [3.63, 3.8) is 0 Å². The van der Waals surface area contributed by atoms with Gasteiger partial charge in [-0.05, 0) is 66.8 Å². The monoisotopic (exact) mass is 404 g/mol. The molecule has 1 amide bonds. The van der Waals surface area contributed by atoms with Gasteiger partial charge in [0.05, 0.1) is 6.61 Å². The number of nitrogens with one attached hydrogen (secondary N) is 1. The first-order chi connectivity index (χ1) is 14.5. The van der Waals surface area contributed by atoms with Gasteiger partial charge in [-0.2, -0.15) is 0 Å².